The molecule has 1 aromatic carbocycles. The van der Waals surface area contributed by atoms with Crippen LogP contribution < -0.4 is 0 Å². The molecule has 4 heteroatoms. The van der Waals surface area contributed by atoms with Crippen LogP contribution in [0, 0.1) is 0 Å². The monoisotopic (exact) mass is 228 g/mol. The van der Waals surface area contributed by atoms with E-state index < -0.39 is 0 Å². The first-order valence-electron chi connectivity index (χ1n) is 3.62. The highest BCUT2D eigenvalue weighted by Crippen LogP contribution is 2.24. The summed E-state index contributed by atoms with van der Waals surface area (Å²) in [6.45, 7) is 1.53. The van der Waals surface area contributed by atoms with Gasteiger partial charge in [0.2, 0.25) is 0 Å². The van der Waals surface area contributed by atoms with Crippen molar-refractivity contribution in [2.24, 2.45) is 0 Å². The number of carbonyl (C=O) groups is 1. The molecule has 0 fully saturated rings. The topological polar surface area (TPSA) is 17.1 Å². The lowest BCUT2D eigenvalue weighted by molar-refractivity contribution is -0.109. The van der Waals surface area contributed by atoms with Gasteiger partial charge in [0.1, 0.15) is 0 Å². The van der Waals surface area contributed by atoms with E-state index in [4.69, 9.17) is 12.2 Å². The van der Waals surface area contributed by atoms with Crippen LogP contribution >= 0.6 is 36.6 Å². The highest BCUT2D eigenvalue weighted by atomic mass is 32.2. The van der Waals surface area contributed by atoms with E-state index in [1.165, 1.54) is 18.7 Å². The second-order valence-corrected chi connectivity index (χ2v) is 4.77. The third kappa shape index (κ3) is 3.14. The Hall–Kier alpha value is -0.320. The van der Waals surface area contributed by atoms with E-state index >= 15 is 0 Å². The van der Waals surface area contributed by atoms with Crippen LogP contribution in [0.1, 0.15) is 12.5 Å². The van der Waals surface area contributed by atoms with Gasteiger partial charge in [-0.3, -0.25) is 4.79 Å². The van der Waals surface area contributed by atoms with Crippen molar-refractivity contribution in [3.63, 3.8) is 0 Å². The first-order valence-corrected chi connectivity index (χ1v) is 5.29. The average molecular weight is 228 g/mol. The summed E-state index contributed by atoms with van der Waals surface area (Å²) in [5, 5.41) is 0.0528. The zero-order chi connectivity index (χ0) is 9.84. The van der Waals surface area contributed by atoms with Crippen molar-refractivity contribution in [3.8, 4) is 0 Å². The maximum atomic E-state index is 10.9. The lowest BCUT2D eigenvalue weighted by Gasteiger charge is -2.03. The van der Waals surface area contributed by atoms with Gasteiger partial charge in [0.15, 0.2) is 5.12 Å². The number of carbonyl (C=O) groups excluding carboxylic acids is 1. The maximum absolute atomic E-state index is 10.9. The molecular formula is C9H8OS3. The fraction of sp³-hybridized carbons (Fsp3) is 0.111. The van der Waals surface area contributed by atoms with Crippen LogP contribution in [-0.4, -0.2) is 9.31 Å². The SMILES string of the molecule is CC(=O)Sc1ccccc1C(=S)S. The molecule has 0 saturated heterocycles. The molecule has 13 heavy (non-hydrogen) atoms. The van der Waals surface area contributed by atoms with Crippen molar-refractivity contribution in [1.29, 1.82) is 0 Å². The summed E-state index contributed by atoms with van der Waals surface area (Å²) >= 11 is 10.2. The quantitative estimate of drug-likeness (QED) is 0.476. The van der Waals surface area contributed by atoms with Crippen LogP contribution in [-0.2, 0) is 4.79 Å². The van der Waals surface area contributed by atoms with Crippen molar-refractivity contribution in [2.75, 3.05) is 0 Å². The van der Waals surface area contributed by atoms with Crippen molar-refractivity contribution in [2.45, 2.75) is 11.8 Å². The molecule has 0 aromatic heterocycles. The highest BCUT2D eigenvalue weighted by molar-refractivity contribution is 8.14. The minimum atomic E-state index is 0.0528. The molecule has 0 radical (unpaired) electrons. The molecule has 1 nitrogen and oxygen atoms in total. The third-order valence-corrected chi connectivity index (χ3v) is 2.70. The Bertz CT molecular complexity index is 346. The first kappa shape index (κ1) is 10.8. The zero-order valence-electron chi connectivity index (χ0n) is 6.98. The Morgan fingerprint density at radius 3 is 2.62 bits per heavy atom. The smallest absolute Gasteiger partial charge is 0.190 e. The first-order chi connectivity index (χ1) is 6.11. The van der Waals surface area contributed by atoms with Crippen molar-refractivity contribution >= 4 is 45.9 Å². The highest BCUT2D eigenvalue weighted by Gasteiger charge is 2.06. The molecule has 1 aromatic rings. The second kappa shape index (κ2) is 4.79. The van der Waals surface area contributed by atoms with Crippen LogP contribution in [0.3, 0.4) is 0 Å². The lowest BCUT2D eigenvalue weighted by Crippen LogP contribution is -1.92. The summed E-state index contributed by atoms with van der Waals surface area (Å²) < 4.78 is 0.518. The van der Waals surface area contributed by atoms with Crippen LogP contribution in [0.15, 0.2) is 29.2 Å². The summed E-state index contributed by atoms with van der Waals surface area (Å²) in [4.78, 5) is 11.8. The van der Waals surface area contributed by atoms with E-state index in [1.54, 1.807) is 0 Å². The van der Waals surface area contributed by atoms with Gasteiger partial charge in [-0.05, 0) is 6.07 Å². The molecule has 0 spiro atoms. The molecule has 0 amide bonds. The predicted molar refractivity (Wildman–Crippen MR) is 63.7 cm³/mol. The molecule has 0 aliphatic heterocycles. The summed E-state index contributed by atoms with van der Waals surface area (Å²) in [7, 11) is 0. The van der Waals surface area contributed by atoms with Gasteiger partial charge >= 0.3 is 0 Å². The fourth-order valence-electron chi connectivity index (χ4n) is 0.887. The summed E-state index contributed by atoms with van der Waals surface area (Å²) in [6, 6.07) is 7.48. The van der Waals surface area contributed by atoms with Crippen LogP contribution in [0.25, 0.3) is 0 Å². The summed E-state index contributed by atoms with van der Waals surface area (Å²) in [5.41, 5.74) is 0.848. The molecule has 0 heterocycles. The van der Waals surface area contributed by atoms with Gasteiger partial charge in [0.25, 0.3) is 0 Å². The number of thiol groups is 1. The van der Waals surface area contributed by atoms with Crippen molar-refractivity contribution < 1.29 is 4.79 Å². The van der Waals surface area contributed by atoms with Crippen molar-refractivity contribution in [1.82, 2.24) is 0 Å². The van der Waals surface area contributed by atoms with E-state index in [0.717, 1.165) is 10.5 Å². The molecule has 1 rings (SSSR count). The number of benzene rings is 1. The van der Waals surface area contributed by atoms with Gasteiger partial charge in [0, 0.05) is 17.4 Å². The van der Waals surface area contributed by atoms with E-state index in [9.17, 15) is 4.79 Å². The molecule has 68 valence electrons. The predicted octanol–water partition coefficient (Wildman–Crippen LogP) is 2.93. The zero-order valence-corrected chi connectivity index (χ0v) is 9.51. The molecule has 0 N–H and O–H groups in total. The Labute approximate surface area is 92.3 Å². The molecule has 0 saturated carbocycles. The fourth-order valence-corrected chi connectivity index (χ4v) is 2.14. The van der Waals surface area contributed by atoms with Gasteiger partial charge in [-0.25, -0.2) is 0 Å². The Balaban J connectivity index is 3.04. The van der Waals surface area contributed by atoms with Crippen LogP contribution in [0.4, 0.5) is 0 Å². The Kier molecular flexibility index (Phi) is 3.96. The molecule has 0 bridgehead atoms. The summed E-state index contributed by atoms with van der Waals surface area (Å²) in [5.74, 6) is 0. The Morgan fingerprint density at radius 2 is 2.08 bits per heavy atom. The maximum Gasteiger partial charge on any atom is 0.190 e. The number of rotatable bonds is 2. The standard InChI is InChI=1S/C9H8OS3/c1-6(10)13-8-5-3-2-4-7(8)9(11)12/h2-5H,1H3,(H,11,12). The second-order valence-electron chi connectivity index (χ2n) is 2.39. The van der Waals surface area contributed by atoms with E-state index in [2.05, 4.69) is 12.6 Å². The number of thioether (sulfide) groups is 1. The van der Waals surface area contributed by atoms with E-state index in [1.807, 2.05) is 24.3 Å². The van der Waals surface area contributed by atoms with Crippen LogP contribution in [0.2, 0.25) is 0 Å². The molecule has 0 aliphatic carbocycles. The lowest BCUT2D eigenvalue weighted by atomic mass is 10.2. The van der Waals surface area contributed by atoms with E-state index in [0.29, 0.717) is 4.20 Å². The summed E-state index contributed by atoms with van der Waals surface area (Å²) in [6.07, 6.45) is 0. The minimum absolute atomic E-state index is 0.0528. The molecule has 0 unspecified atom stereocenters. The number of thiocarbonyl (C=S) groups is 1. The normalized spacial score (nSPS) is 9.69. The van der Waals surface area contributed by atoms with Gasteiger partial charge in [-0.1, -0.05) is 42.2 Å². The number of hydrogen-bond donors (Lipinski definition) is 1. The minimum Gasteiger partial charge on any atom is -0.287 e. The number of hydrogen-bond acceptors (Lipinski definition) is 3. The van der Waals surface area contributed by atoms with Gasteiger partial charge in [-0.2, -0.15) is 0 Å². The largest absolute Gasteiger partial charge is 0.287 e. The van der Waals surface area contributed by atoms with Gasteiger partial charge in [-0.15, -0.1) is 12.6 Å². The van der Waals surface area contributed by atoms with Gasteiger partial charge < -0.3 is 0 Å². The third-order valence-electron chi connectivity index (χ3n) is 1.37. The van der Waals surface area contributed by atoms with Crippen LogP contribution in [0.5, 0.6) is 0 Å². The molecule has 0 aliphatic rings. The molecule has 0 atom stereocenters. The van der Waals surface area contributed by atoms with Crippen molar-refractivity contribution in [3.05, 3.63) is 29.8 Å². The Morgan fingerprint density at radius 1 is 1.46 bits per heavy atom. The van der Waals surface area contributed by atoms with E-state index in [-0.39, 0.29) is 5.12 Å². The molecular weight excluding hydrogens is 220 g/mol. The van der Waals surface area contributed by atoms with Gasteiger partial charge in [0.05, 0.1) is 4.20 Å². The average Bonchev–Trinajstić information content (AvgIpc) is 2.03.